The molecule has 0 aliphatic heterocycles. The largest absolute Gasteiger partial charge is 0.459 e. The molecule has 11 nitrogen and oxygen atoms in total. The first-order chi connectivity index (χ1) is 14.7. The highest BCUT2D eigenvalue weighted by Gasteiger charge is 2.43. The number of benzene rings is 2. The number of nitro groups is 1. The average molecular weight is 428 g/mol. The third-order valence-electron chi connectivity index (χ3n) is 4.34. The maximum Gasteiger partial charge on any atom is 0.336 e. The number of carbonyl (C=O) groups excluding carboxylic acids is 2. The molecule has 1 atom stereocenters. The van der Waals surface area contributed by atoms with E-state index < -0.39 is 22.3 Å². The molecular weight excluding hydrogens is 404 g/mol. The van der Waals surface area contributed by atoms with E-state index >= 15 is 0 Å². The van der Waals surface area contributed by atoms with Gasteiger partial charge in [-0.1, -0.05) is 30.3 Å². The van der Waals surface area contributed by atoms with Gasteiger partial charge in [-0.3, -0.25) is 19.9 Å². The molecule has 0 saturated carbocycles. The van der Waals surface area contributed by atoms with Crippen LogP contribution in [-0.4, -0.2) is 34.8 Å². The quantitative estimate of drug-likeness (QED) is 0.0820. The van der Waals surface area contributed by atoms with Crippen LogP contribution in [0, 0.1) is 10.1 Å². The summed E-state index contributed by atoms with van der Waals surface area (Å²) in [5.41, 5.74) is 15.6. The summed E-state index contributed by atoms with van der Waals surface area (Å²) in [6.45, 7) is 0.107. The molecule has 7 N–H and O–H groups in total. The van der Waals surface area contributed by atoms with Crippen LogP contribution in [0.3, 0.4) is 0 Å². The Balaban J connectivity index is 2.14. The highest BCUT2D eigenvalue weighted by molar-refractivity contribution is 6.12. The monoisotopic (exact) mass is 428 g/mol. The van der Waals surface area contributed by atoms with Gasteiger partial charge < -0.3 is 27.3 Å². The second kappa shape index (κ2) is 10.7. The van der Waals surface area contributed by atoms with E-state index in [1.165, 1.54) is 24.3 Å². The lowest BCUT2D eigenvalue weighted by atomic mass is 9.93. The molecule has 0 radical (unpaired) electrons. The number of aliphatic imine (C=N–C) groups is 1. The number of nitro benzene ring substituents is 1. The van der Waals surface area contributed by atoms with Gasteiger partial charge in [-0.2, -0.15) is 0 Å². The van der Waals surface area contributed by atoms with Crippen molar-refractivity contribution in [1.82, 2.24) is 0 Å². The van der Waals surface area contributed by atoms with Gasteiger partial charge in [0.25, 0.3) is 11.6 Å². The number of guanidine groups is 1. The van der Waals surface area contributed by atoms with Crippen molar-refractivity contribution >= 4 is 29.2 Å². The predicted molar refractivity (Wildman–Crippen MR) is 115 cm³/mol. The zero-order valence-corrected chi connectivity index (χ0v) is 16.7. The number of amides is 1. The number of hydrogen-bond donors (Lipinski definition) is 4. The third kappa shape index (κ3) is 6.78. The molecule has 1 amide bonds. The molecule has 0 aliphatic carbocycles. The minimum absolute atomic E-state index is 0.0582. The van der Waals surface area contributed by atoms with Crippen LogP contribution in [0.25, 0.3) is 0 Å². The fraction of sp³-hybridized carbons (Fsp3) is 0.250. The lowest BCUT2D eigenvalue weighted by molar-refractivity contribution is -0.384. The van der Waals surface area contributed by atoms with E-state index in [-0.39, 0.29) is 43.3 Å². The highest BCUT2D eigenvalue weighted by atomic mass is 16.6. The molecule has 0 saturated heterocycles. The Labute approximate surface area is 178 Å². The number of esters is 1. The van der Waals surface area contributed by atoms with Gasteiger partial charge in [-0.25, -0.2) is 4.79 Å². The first-order valence-electron chi connectivity index (χ1n) is 9.33. The molecule has 0 aromatic heterocycles. The molecule has 2 rings (SSSR count). The van der Waals surface area contributed by atoms with Crippen molar-refractivity contribution in [2.24, 2.45) is 22.2 Å². The van der Waals surface area contributed by atoms with Crippen LogP contribution in [0.4, 0.5) is 11.4 Å². The number of rotatable bonds is 10. The summed E-state index contributed by atoms with van der Waals surface area (Å²) in [6, 6.07) is 14.0. The smallest absolute Gasteiger partial charge is 0.336 e. The average Bonchev–Trinajstić information content (AvgIpc) is 2.75. The molecule has 0 heterocycles. The summed E-state index contributed by atoms with van der Waals surface area (Å²) in [4.78, 5) is 39.7. The number of ether oxygens (including phenoxy) is 1. The highest BCUT2D eigenvalue weighted by Crippen LogP contribution is 2.20. The number of nitrogens with one attached hydrogen (secondary N) is 1. The molecular formula is C20H24N6O5. The van der Waals surface area contributed by atoms with Gasteiger partial charge in [0.05, 0.1) is 4.92 Å². The van der Waals surface area contributed by atoms with Gasteiger partial charge >= 0.3 is 5.97 Å². The molecule has 0 fully saturated rings. The third-order valence-corrected chi connectivity index (χ3v) is 4.34. The number of anilines is 1. The molecule has 0 bridgehead atoms. The lowest BCUT2D eigenvalue weighted by Gasteiger charge is -2.26. The summed E-state index contributed by atoms with van der Waals surface area (Å²) < 4.78 is 5.28. The predicted octanol–water partition coefficient (Wildman–Crippen LogP) is 1.03. The Kier molecular flexibility index (Phi) is 8.03. The number of carbonyl (C=O) groups is 2. The van der Waals surface area contributed by atoms with E-state index in [1.54, 1.807) is 24.3 Å². The Morgan fingerprint density at radius 1 is 1.10 bits per heavy atom. The molecule has 0 spiro atoms. The second-order valence-corrected chi connectivity index (χ2v) is 6.70. The Bertz CT molecular complexity index is 944. The van der Waals surface area contributed by atoms with Gasteiger partial charge in [-0.15, -0.1) is 0 Å². The van der Waals surface area contributed by atoms with Crippen LogP contribution in [-0.2, 0) is 20.9 Å². The zero-order valence-electron chi connectivity index (χ0n) is 16.7. The molecule has 11 heteroatoms. The SMILES string of the molecule is NC(N)=NCCC[C@](N)(C(=O)Nc1ccc([N+](=O)[O-])cc1)C(=O)OCc1ccccc1. The van der Waals surface area contributed by atoms with Crippen LogP contribution in [0.15, 0.2) is 59.6 Å². The lowest BCUT2D eigenvalue weighted by Crippen LogP contribution is -2.58. The fourth-order valence-corrected chi connectivity index (χ4v) is 2.64. The molecule has 0 unspecified atom stereocenters. The Morgan fingerprint density at radius 3 is 2.32 bits per heavy atom. The van der Waals surface area contributed by atoms with E-state index in [0.717, 1.165) is 5.56 Å². The van der Waals surface area contributed by atoms with Crippen LogP contribution in [0.2, 0.25) is 0 Å². The van der Waals surface area contributed by atoms with E-state index in [9.17, 15) is 19.7 Å². The topological polar surface area (TPSA) is 189 Å². The Hall–Kier alpha value is -3.99. The van der Waals surface area contributed by atoms with Gasteiger partial charge in [0.1, 0.15) is 6.61 Å². The zero-order chi connectivity index (χ0) is 22.9. The summed E-state index contributed by atoms with van der Waals surface area (Å²) in [5.74, 6) is -1.85. The second-order valence-electron chi connectivity index (χ2n) is 6.70. The van der Waals surface area contributed by atoms with Crippen LogP contribution in [0.1, 0.15) is 18.4 Å². The van der Waals surface area contributed by atoms with E-state index in [4.69, 9.17) is 21.9 Å². The van der Waals surface area contributed by atoms with Gasteiger partial charge in [-0.05, 0) is 30.5 Å². The van der Waals surface area contributed by atoms with Crippen LogP contribution < -0.4 is 22.5 Å². The summed E-state index contributed by atoms with van der Waals surface area (Å²) in [7, 11) is 0. The number of hydrogen-bond acceptors (Lipinski definition) is 7. The van der Waals surface area contributed by atoms with E-state index in [0.29, 0.717) is 0 Å². The number of non-ortho nitro benzene ring substituents is 1. The molecule has 0 aliphatic rings. The van der Waals surface area contributed by atoms with Crippen LogP contribution >= 0.6 is 0 Å². The van der Waals surface area contributed by atoms with Crippen molar-refractivity contribution in [2.45, 2.75) is 25.0 Å². The van der Waals surface area contributed by atoms with Crippen molar-refractivity contribution in [3.05, 3.63) is 70.3 Å². The minimum Gasteiger partial charge on any atom is -0.459 e. The first-order valence-corrected chi connectivity index (χ1v) is 9.33. The normalized spacial score (nSPS) is 12.3. The van der Waals surface area contributed by atoms with Crippen LogP contribution in [0.5, 0.6) is 0 Å². The van der Waals surface area contributed by atoms with E-state index in [2.05, 4.69) is 10.3 Å². The fourth-order valence-electron chi connectivity index (χ4n) is 2.64. The number of nitrogens with zero attached hydrogens (tertiary/aromatic N) is 2. The molecule has 2 aromatic rings. The van der Waals surface area contributed by atoms with E-state index in [1.807, 2.05) is 6.07 Å². The standard InChI is InChI=1S/C20H24N6O5/c21-19(22)24-12-4-11-20(23,18(28)31-13-14-5-2-1-3-6-14)17(27)25-15-7-9-16(10-8-15)26(29)30/h1-3,5-10H,4,11-13,23H2,(H,25,27)(H4,21,22,24)/t20-/m0/s1. The molecule has 2 aromatic carbocycles. The van der Waals surface area contributed by atoms with Crippen molar-refractivity contribution < 1.29 is 19.2 Å². The van der Waals surface area contributed by atoms with Gasteiger partial charge in [0, 0.05) is 24.4 Å². The number of nitrogens with two attached hydrogens (primary N) is 3. The van der Waals surface area contributed by atoms with Crippen molar-refractivity contribution in [3.8, 4) is 0 Å². The maximum atomic E-state index is 12.9. The summed E-state index contributed by atoms with van der Waals surface area (Å²) >= 11 is 0. The van der Waals surface area contributed by atoms with Crippen molar-refractivity contribution in [3.63, 3.8) is 0 Å². The first kappa shape index (κ1) is 23.3. The molecule has 31 heavy (non-hydrogen) atoms. The van der Waals surface area contributed by atoms with Crippen molar-refractivity contribution in [2.75, 3.05) is 11.9 Å². The summed E-state index contributed by atoms with van der Waals surface area (Å²) in [5, 5.41) is 13.3. The van der Waals surface area contributed by atoms with Gasteiger partial charge in [0.15, 0.2) is 11.5 Å². The minimum atomic E-state index is -2.02. The maximum absolute atomic E-state index is 12.9. The Morgan fingerprint density at radius 2 is 1.74 bits per heavy atom. The summed E-state index contributed by atoms with van der Waals surface area (Å²) in [6.07, 6.45) is 0.152. The molecule has 164 valence electrons. The van der Waals surface area contributed by atoms with Gasteiger partial charge in [0.2, 0.25) is 0 Å². The van der Waals surface area contributed by atoms with Crippen molar-refractivity contribution in [1.29, 1.82) is 0 Å².